The molecule has 0 bridgehead atoms. The fourth-order valence-corrected chi connectivity index (χ4v) is 0.459. The Morgan fingerprint density at radius 2 is 2.33 bits per heavy atom. The Morgan fingerprint density at radius 1 is 1.83 bits per heavy atom. The number of carboxylic acids is 1. The van der Waals surface area contributed by atoms with Crippen LogP contribution in [0.1, 0.15) is 13.8 Å². The summed E-state index contributed by atoms with van der Waals surface area (Å²) in [5.74, 6) is -0.178. The first-order valence-corrected chi connectivity index (χ1v) is 4.19. The van der Waals surface area contributed by atoms with E-state index in [9.17, 15) is 4.79 Å². The lowest BCUT2D eigenvalue weighted by atomic mass is 10.3. The van der Waals surface area contributed by atoms with Gasteiger partial charge in [0.05, 0.1) is 18.6 Å². The number of rotatable bonds is 2. The van der Waals surface area contributed by atoms with Gasteiger partial charge < -0.3 is 9.84 Å². The summed E-state index contributed by atoms with van der Waals surface area (Å²) in [6.07, 6.45) is 1.96. The van der Waals surface area contributed by atoms with Crippen LogP contribution < -0.4 is 0 Å². The maximum absolute atomic E-state index is 9.86. The van der Waals surface area contributed by atoms with Crippen LogP contribution in [0.15, 0.2) is 11.6 Å². The molecule has 1 fully saturated rings. The van der Waals surface area contributed by atoms with E-state index in [-0.39, 0.29) is 0 Å². The van der Waals surface area contributed by atoms with Crippen LogP contribution in [0.4, 0.5) is 0 Å². The molecule has 1 saturated heterocycles. The van der Waals surface area contributed by atoms with Gasteiger partial charge in [0.15, 0.2) is 0 Å². The van der Waals surface area contributed by atoms with Crippen LogP contribution in [0, 0.1) is 0 Å². The first kappa shape index (κ1) is 11.5. The monoisotopic (exact) mass is 192 g/mol. The normalized spacial score (nSPS) is 20.9. The third-order valence-corrected chi connectivity index (χ3v) is 1.69. The summed E-state index contributed by atoms with van der Waals surface area (Å²) < 4.78 is 4.73. The molecule has 3 nitrogen and oxygen atoms in total. The second kappa shape index (κ2) is 6.03. The molecule has 0 radical (unpaired) electrons. The molecule has 0 amide bonds. The maximum atomic E-state index is 9.86. The molecule has 1 aliphatic rings. The summed E-state index contributed by atoms with van der Waals surface area (Å²) >= 11 is 5.27. The molecule has 1 atom stereocenters. The van der Waals surface area contributed by atoms with E-state index in [1.54, 1.807) is 19.9 Å². The van der Waals surface area contributed by atoms with E-state index in [0.29, 0.717) is 17.6 Å². The summed E-state index contributed by atoms with van der Waals surface area (Å²) in [5.41, 5.74) is 0.389. The first-order valence-electron chi connectivity index (χ1n) is 3.65. The Balaban J connectivity index is 0.000000211. The van der Waals surface area contributed by atoms with Crippen molar-refractivity contribution in [3.63, 3.8) is 0 Å². The second-order valence-corrected chi connectivity index (χ2v) is 2.70. The van der Waals surface area contributed by atoms with Gasteiger partial charge in [-0.05, 0) is 13.8 Å². The number of allylic oxidation sites excluding steroid dienone is 1. The Morgan fingerprint density at radius 3 is 2.33 bits per heavy atom. The predicted molar refractivity (Wildman–Crippen MR) is 47.5 cm³/mol. The topological polar surface area (TPSA) is 49.8 Å². The van der Waals surface area contributed by atoms with Crippen LogP contribution in [0.3, 0.4) is 0 Å². The van der Waals surface area contributed by atoms with Crippen LogP contribution in [0.25, 0.3) is 0 Å². The number of hydrogen-bond acceptors (Lipinski definition) is 2. The minimum atomic E-state index is -0.845. The molecule has 0 spiro atoms. The van der Waals surface area contributed by atoms with Gasteiger partial charge in [-0.15, -0.1) is 11.6 Å². The zero-order chi connectivity index (χ0) is 9.56. The van der Waals surface area contributed by atoms with E-state index in [4.69, 9.17) is 21.4 Å². The quantitative estimate of drug-likeness (QED) is 0.411. The van der Waals surface area contributed by atoms with Crippen molar-refractivity contribution in [2.45, 2.75) is 20.0 Å². The van der Waals surface area contributed by atoms with Crippen LogP contribution in [0.2, 0.25) is 0 Å². The zero-order valence-corrected chi connectivity index (χ0v) is 7.97. The average molecular weight is 193 g/mol. The molecule has 4 heteroatoms. The third kappa shape index (κ3) is 6.19. The number of aliphatic carboxylic acids is 1. The minimum Gasteiger partial charge on any atom is -0.478 e. The minimum absolute atomic E-state index is 0.389. The van der Waals surface area contributed by atoms with E-state index in [1.807, 2.05) is 0 Å². The molecule has 1 rings (SSSR count). The largest absolute Gasteiger partial charge is 0.478 e. The number of alkyl halides is 1. The van der Waals surface area contributed by atoms with Crippen molar-refractivity contribution in [2.75, 3.05) is 12.5 Å². The highest BCUT2D eigenvalue weighted by Crippen LogP contribution is 2.08. The molecule has 0 saturated carbocycles. The second-order valence-electron chi connectivity index (χ2n) is 2.39. The summed E-state index contributed by atoms with van der Waals surface area (Å²) in [6.45, 7) is 4.13. The van der Waals surface area contributed by atoms with E-state index < -0.39 is 5.97 Å². The first-order chi connectivity index (χ1) is 5.61. The number of epoxide rings is 1. The zero-order valence-electron chi connectivity index (χ0n) is 7.21. The molecule has 0 aliphatic carbocycles. The van der Waals surface area contributed by atoms with Gasteiger partial charge in [0.25, 0.3) is 0 Å². The van der Waals surface area contributed by atoms with E-state index in [1.165, 1.54) is 0 Å². The smallest absolute Gasteiger partial charge is 0.330 e. The Kier molecular flexibility index (Phi) is 5.76. The predicted octanol–water partition coefficient (Wildman–Crippen LogP) is 1.66. The fourth-order valence-electron chi connectivity index (χ4n) is 0.281. The Hall–Kier alpha value is -0.540. The number of ether oxygens (including phenoxy) is 1. The molecule has 1 aliphatic heterocycles. The number of hydrogen-bond donors (Lipinski definition) is 1. The van der Waals surface area contributed by atoms with Crippen molar-refractivity contribution in [3.05, 3.63) is 11.6 Å². The highest BCUT2D eigenvalue weighted by atomic mass is 35.5. The van der Waals surface area contributed by atoms with Gasteiger partial charge in [-0.1, -0.05) is 6.08 Å². The van der Waals surface area contributed by atoms with Gasteiger partial charge >= 0.3 is 5.97 Å². The molecule has 12 heavy (non-hydrogen) atoms. The standard InChI is InChI=1S/C5H8O2.C3H5ClO/c1-3-4(2)5(6)7;4-1-3-2-5-3/h3H,1-2H3,(H,6,7);3H,1-2H2. The summed E-state index contributed by atoms with van der Waals surface area (Å²) in [6, 6.07) is 0. The molecule has 0 aromatic rings. The molecule has 0 aromatic carbocycles. The van der Waals surface area contributed by atoms with Crippen molar-refractivity contribution in [1.82, 2.24) is 0 Å². The molecule has 0 aromatic heterocycles. The van der Waals surface area contributed by atoms with Crippen molar-refractivity contribution < 1.29 is 14.6 Å². The summed E-state index contributed by atoms with van der Waals surface area (Å²) in [5, 5.41) is 8.11. The summed E-state index contributed by atoms with van der Waals surface area (Å²) in [4.78, 5) is 9.86. The molecule has 1 heterocycles. The van der Waals surface area contributed by atoms with Crippen LogP contribution in [0.5, 0.6) is 0 Å². The lowest BCUT2D eigenvalue weighted by Gasteiger charge is -1.84. The van der Waals surface area contributed by atoms with Gasteiger partial charge in [-0.2, -0.15) is 0 Å². The van der Waals surface area contributed by atoms with Gasteiger partial charge in [-0.25, -0.2) is 4.79 Å². The Labute approximate surface area is 77.0 Å². The SMILES string of the molecule is CC=C(C)C(=O)O.ClCC1CO1. The summed E-state index contributed by atoms with van der Waals surface area (Å²) in [7, 11) is 0. The molecular weight excluding hydrogens is 180 g/mol. The lowest BCUT2D eigenvalue weighted by Crippen LogP contribution is -1.93. The fraction of sp³-hybridized carbons (Fsp3) is 0.625. The van der Waals surface area contributed by atoms with Crippen molar-refractivity contribution in [3.8, 4) is 0 Å². The highest BCUT2D eigenvalue weighted by Gasteiger charge is 2.19. The van der Waals surface area contributed by atoms with Gasteiger partial charge in [-0.3, -0.25) is 0 Å². The molecule has 1 N–H and O–H groups in total. The van der Waals surface area contributed by atoms with Crippen LogP contribution >= 0.6 is 11.6 Å². The molecular formula is C8H13ClO3. The van der Waals surface area contributed by atoms with E-state index >= 15 is 0 Å². The number of carboxylic acid groups (broad SMARTS) is 1. The Bertz CT molecular complexity index is 173. The molecule has 1 unspecified atom stereocenters. The van der Waals surface area contributed by atoms with E-state index in [2.05, 4.69) is 0 Å². The maximum Gasteiger partial charge on any atom is 0.330 e. The van der Waals surface area contributed by atoms with Gasteiger partial charge in [0.2, 0.25) is 0 Å². The van der Waals surface area contributed by atoms with Crippen molar-refractivity contribution in [2.24, 2.45) is 0 Å². The van der Waals surface area contributed by atoms with Crippen LogP contribution in [-0.2, 0) is 9.53 Å². The number of carbonyl (C=O) groups is 1. The lowest BCUT2D eigenvalue weighted by molar-refractivity contribution is -0.132. The van der Waals surface area contributed by atoms with Crippen molar-refractivity contribution >= 4 is 17.6 Å². The van der Waals surface area contributed by atoms with Crippen LogP contribution in [-0.4, -0.2) is 29.7 Å². The average Bonchev–Trinajstić information content (AvgIpc) is 2.86. The van der Waals surface area contributed by atoms with Gasteiger partial charge in [0, 0.05) is 5.57 Å². The van der Waals surface area contributed by atoms with Gasteiger partial charge in [0.1, 0.15) is 0 Å². The highest BCUT2D eigenvalue weighted by molar-refractivity contribution is 6.18. The third-order valence-electron chi connectivity index (χ3n) is 1.34. The van der Waals surface area contributed by atoms with E-state index in [0.717, 1.165) is 6.61 Å². The molecule has 70 valence electrons. The number of halogens is 1. The van der Waals surface area contributed by atoms with Crippen molar-refractivity contribution in [1.29, 1.82) is 0 Å².